The Morgan fingerprint density at radius 2 is 2.43 bits per heavy atom. The lowest BCUT2D eigenvalue weighted by molar-refractivity contribution is -0.122. The molecule has 8 heteroatoms. The largest absolute Gasteiger partial charge is 0.355 e. The fourth-order valence-corrected chi connectivity index (χ4v) is 2.12. The second kappa shape index (κ2) is 8.85. The topological polar surface area (TPSA) is 83.3 Å². The summed E-state index contributed by atoms with van der Waals surface area (Å²) in [7, 11) is 1.74. The van der Waals surface area contributed by atoms with E-state index in [2.05, 4.69) is 26.0 Å². The normalized spacial score (nSPS) is 18.7. The number of nitrogens with one attached hydrogen (secondary N) is 3. The summed E-state index contributed by atoms with van der Waals surface area (Å²) in [5.41, 5.74) is 1.16. The van der Waals surface area contributed by atoms with Gasteiger partial charge in [-0.25, -0.2) is 0 Å². The van der Waals surface area contributed by atoms with Crippen molar-refractivity contribution < 1.29 is 4.79 Å². The van der Waals surface area contributed by atoms with Crippen LogP contribution >= 0.6 is 24.0 Å². The molecule has 1 saturated heterocycles. The Kier molecular flexibility index (Phi) is 7.48. The van der Waals surface area contributed by atoms with Gasteiger partial charge in [-0.15, -0.1) is 24.0 Å². The van der Waals surface area contributed by atoms with E-state index >= 15 is 0 Å². The van der Waals surface area contributed by atoms with Gasteiger partial charge < -0.3 is 16.0 Å². The molecule has 0 radical (unpaired) electrons. The summed E-state index contributed by atoms with van der Waals surface area (Å²) < 4.78 is 1.90. The molecule has 1 aliphatic heterocycles. The van der Waals surface area contributed by atoms with E-state index in [9.17, 15) is 4.79 Å². The van der Waals surface area contributed by atoms with E-state index in [0.29, 0.717) is 13.0 Å². The molecule has 1 aromatic rings. The highest BCUT2D eigenvalue weighted by atomic mass is 127. The van der Waals surface area contributed by atoms with Crippen LogP contribution in [0.2, 0.25) is 0 Å². The number of guanidine groups is 1. The molecular weight excluding hydrogens is 383 g/mol. The van der Waals surface area contributed by atoms with E-state index in [1.54, 1.807) is 7.05 Å². The monoisotopic (exact) mass is 406 g/mol. The Hall–Kier alpha value is -1.32. The number of carbonyl (C=O) groups excluding carboxylic acids is 1. The average molecular weight is 406 g/mol. The molecule has 0 bridgehead atoms. The lowest BCUT2D eigenvalue weighted by Crippen LogP contribution is -2.51. The van der Waals surface area contributed by atoms with Crippen LogP contribution in [0.25, 0.3) is 0 Å². The third-order valence-electron chi connectivity index (χ3n) is 3.23. The first-order valence-electron chi connectivity index (χ1n) is 6.90. The van der Waals surface area contributed by atoms with Gasteiger partial charge >= 0.3 is 0 Å². The van der Waals surface area contributed by atoms with Crippen molar-refractivity contribution in [1.82, 2.24) is 25.7 Å². The SMILES string of the molecule is CN=C(NCCn1cc(C)cn1)NC1CCC(=O)NC1.I. The highest BCUT2D eigenvalue weighted by molar-refractivity contribution is 14.0. The number of hydrogen-bond donors (Lipinski definition) is 3. The van der Waals surface area contributed by atoms with E-state index in [1.165, 1.54) is 0 Å². The minimum absolute atomic E-state index is 0. The first-order valence-corrected chi connectivity index (χ1v) is 6.90. The van der Waals surface area contributed by atoms with Crippen LogP contribution in [0.3, 0.4) is 0 Å². The van der Waals surface area contributed by atoms with Crippen molar-refractivity contribution in [2.45, 2.75) is 32.4 Å². The molecule has 7 nitrogen and oxygen atoms in total. The molecule has 1 aliphatic rings. The predicted octanol–water partition coefficient (Wildman–Crippen LogP) is 0.253. The zero-order chi connectivity index (χ0) is 14.4. The maximum absolute atomic E-state index is 11.1. The van der Waals surface area contributed by atoms with Gasteiger partial charge in [0, 0.05) is 38.8 Å². The molecule has 0 aromatic carbocycles. The van der Waals surface area contributed by atoms with Crippen molar-refractivity contribution in [3.63, 3.8) is 0 Å². The number of halogens is 1. The first-order chi connectivity index (χ1) is 9.67. The molecule has 2 rings (SSSR count). The van der Waals surface area contributed by atoms with E-state index in [4.69, 9.17) is 0 Å². The van der Waals surface area contributed by atoms with Gasteiger partial charge in [-0.05, 0) is 18.9 Å². The summed E-state index contributed by atoms with van der Waals surface area (Å²) in [5, 5.41) is 13.6. The highest BCUT2D eigenvalue weighted by Crippen LogP contribution is 2.02. The lowest BCUT2D eigenvalue weighted by Gasteiger charge is -2.25. The molecule has 1 amide bonds. The van der Waals surface area contributed by atoms with Gasteiger partial charge in [-0.3, -0.25) is 14.5 Å². The van der Waals surface area contributed by atoms with Gasteiger partial charge in [-0.1, -0.05) is 0 Å². The Balaban J connectivity index is 0.00000220. The molecule has 0 aliphatic carbocycles. The second-order valence-electron chi connectivity index (χ2n) is 4.96. The minimum Gasteiger partial charge on any atom is -0.355 e. The van der Waals surface area contributed by atoms with E-state index < -0.39 is 0 Å². The second-order valence-corrected chi connectivity index (χ2v) is 4.96. The summed E-state index contributed by atoms with van der Waals surface area (Å²) in [6, 6.07) is 0.242. The standard InChI is InChI=1S/C13H22N6O.HI/c1-10-7-17-19(9-10)6-5-15-13(14-2)18-11-3-4-12(20)16-8-11;/h7,9,11H,3-6,8H2,1-2H3,(H,16,20)(H2,14,15,18);1H. The van der Waals surface area contributed by atoms with Crippen molar-refractivity contribution in [1.29, 1.82) is 0 Å². The van der Waals surface area contributed by atoms with Crippen molar-refractivity contribution in [2.24, 2.45) is 4.99 Å². The lowest BCUT2D eigenvalue weighted by atomic mass is 10.1. The van der Waals surface area contributed by atoms with Gasteiger partial charge in [-0.2, -0.15) is 5.10 Å². The smallest absolute Gasteiger partial charge is 0.220 e. The van der Waals surface area contributed by atoms with Crippen LogP contribution < -0.4 is 16.0 Å². The Labute approximate surface area is 142 Å². The van der Waals surface area contributed by atoms with Gasteiger partial charge in [0.25, 0.3) is 0 Å². The third kappa shape index (κ3) is 5.90. The van der Waals surface area contributed by atoms with Gasteiger partial charge in [0.1, 0.15) is 0 Å². The molecule has 118 valence electrons. The summed E-state index contributed by atoms with van der Waals surface area (Å²) >= 11 is 0. The quantitative estimate of drug-likeness (QED) is 0.381. The summed E-state index contributed by atoms with van der Waals surface area (Å²) in [6.45, 7) is 4.21. The molecule has 1 atom stereocenters. The number of hydrogen-bond acceptors (Lipinski definition) is 3. The maximum atomic E-state index is 11.1. The number of piperidine rings is 1. The number of aromatic nitrogens is 2. The van der Waals surface area contributed by atoms with Crippen LogP contribution in [0.5, 0.6) is 0 Å². The third-order valence-corrected chi connectivity index (χ3v) is 3.23. The molecular formula is C13H23IN6O. The minimum atomic E-state index is 0. The predicted molar refractivity (Wildman–Crippen MR) is 92.9 cm³/mol. The van der Waals surface area contributed by atoms with Crippen LogP contribution in [0.15, 0.2) is 17.4 Å². The van der Waals surface area contributed by atoms with E-state index in [1.807, 2.05) is 24.0 Å². The maximum Gasteiger partial charge on any atom is 0.220 e. The van der Waals surface area contributed by atoms with Crippen LogP contribution in [0, 0.1) is 6.92 Å². The van der Waals surface area contributed by atoms with E-state index in [-0.39, 0.29) is 35.9 Å². The average Bonchev–Trinajstić information content (AvgIpc) is 2.85. The molecule has 21 heavy (non-hydrogen) atoms. The van der Waals surface area contributed by atoms with Crippen LogP contribution in [0.1, 0.15) is 18.4 Å². The Morgan fingerprint density at radius 1 is 1.62 bits per heavy atom. The fourth-order valence-electron chi connectivity index (χ4n) is 2.12. The zero-order valence-electron chi connectivity index (χ0n) is 12.4. The molecule has 0 spiro atoms. The summed E-state index contributed by atoms with van der Waals surface area (Å²) in [4.78, 5) is 15.3. The number of carbonyl (C=O) groups is 1. The number of aliphatic imine (C=N–C) groups is 1. The van der Waals surface area contributed by atoms with Crippen LogP contribution in [-0.2, 0) is 11.3 Å². The van der Waals surface area contributed by atoms with Gasteiger partial charge in [0.15, 0.2) is 5.96 Å². The number of rotatable bonds is 4. The van der Waals surface area contributed by atoms with Crippen molar-refractivity contribution in [2.75, 3.05) is 20.1 Å². The number of amides is 1. The number of nitrogens with zero attached hydrogens (tertiary/aromatic N) is 3. The van der Waals surface area contributed by atoms with E-state index in [0.717, 1.165) is 31.0 Å². The molecule has 0 saturated carbocycles. The molecule has 1 fully saturated rings. The molecule has 1 aromatic heterocycles. The number of aryl methyl sites for hydroxylation is 1. The molecule has 1 unspecified atom stereocenters. The van der Waals surface area contributed by atoms with Crippen LogP contribution in [-0.4, -0.2) is 47.8 Å². The zero-order valence-corrected chi connectivity index (χ0v) is 14.8. The molecule has 3 N–H and O–H groups in total. The Bertz CT molecular complexity index is 477. The van der Waals surface area contributed by atoms with Gasteiger partial charge in [0.05, 0.1) is 12.7 Å². The van der Waals surface area contributed by atoms with Crippen molar-refractivity contribution in [3.8, 4) is 0 Å². The van der Waals surface area contributed by atoms with Crippen molar-refractivity contribution >= 4 is 35.8 Å². The molecule has 2 heterocycles. The van der Waals surface area contributed by atoms with Crippen molar-refractivity contribution in [3.05, 3.63) is 18.0 Å². The summed E-state index contributed by atoms with van der Waals surface area (Å²) in [6.07, 6.45) is 5.26. The fraction of sp³-hybridized carbons (Fsp3) is 0.615. The Morgan fingerprint density at radius 3 is 3.00 bits per heavy atom. The highest BCUT2D eigenvalue weighted by Gasteiger charge is 2.18. The first kappa shape index (κ1) is 17.7. The summed E-state index contributed by atoms with van der Waals surface area (Å²) in [5.74, 6) is 0.884. The van der Waals surface area contributed by atoms with Crippen LogP contribution in [0.4, 0.5) is 0 Å². The van der Waals surface area contributed by atoms with Gasteiger partial charge in [0.2, 0.25) is 5.91 Å².